The molecule has 0 saturated carbocycles. The predicted octanol–water partition coefficient (Wildman–Crippen LogP) is 2.13. The summed E-state index contributed by atoms with van der Waals surface area (Å²) in [5, 5.41) is 9.27. The van der Waals surface area contributed by atoms with Gasteiger partial charge in [-0.2, -0.15) is 0 Å². The molecule has 1 aliphatic heterocycles. The minimum atomic E-state index is -0.385. The first kappa shape index (κ1) is 12.3. The van der Waals surface area contributed by atoms with Crippen molar-refractivity contribution < 1.29 is 14.3 Å². The van der Waals surface area contributed by atoms with E-state index in [1.807, 2.05) is 0 Å². The Balaban J connectivity index is 2.35. The van der Waals surface area contributed by atoms with Crippen LogP contribution in [-0.4, -0.2) is 24.2 Å². The highest BCUT2D eigenvalue weighted by Crippen LogP contribution is 2.32. The average Bonchev–Trinajstić information content (AvgIpc) is 2.65. The van der Waals surface area contributed by atoms with Crippen LogP contribution < -0.4 is 4.90 Å². The van der Waals surface area contributed by atoms with E-state index in [0.717, 1.165) is 0 Å². The summed E-state index contributed by atoms with van der Waals surface area (Å²) in [5.74, 6) is -0.537. The summed E-state index contributed by atoms with van der Waals surface area (Å²) < 4.78 is 13.3. The van der Waals surface area contributed by atoms with Crippen LogP contribution in [0.2, 0.25) is 5.02 Å². The molecule has 3 nitrogen and oxygen atoms in total. The molecule has 1 aromatic rings. The van der Waals surface area contributed by atoms with Crippen LogP contribution in [-0.2, 0) is 4.79 Å². The Morgan fingerprint density at radius 2 is 2.29 bits per heavy atom. The molecule has 1 amide bonds. The highest BCUT2D eigenvalue weighted by atomic mass is 35.5. The monoisotopic (exact) mass is 257 g/mol. The minimum Gasteiger partial charge on any atom is -0.396 e. The van der Waals surface area contributed by atoms with Crippen LogP contribution in [0, 0.1) is 18.7 Å². The number of amides is 1. The van der Waals surface area contributed by atoms with Gasteiger partial charge in [0.25, 0.3) is 0 Å². The number of nitrogens with zero attached hydrogens (tertiary/aromatic N) is 1. The lowest BCUT2D eigenvalue weighted by atomic mass is 10.1. The molecule has 0 spiro atoms. The maximum atomic E-state index is 13.3. The number of benzene rings is 1. The summed E-state index contributed by atoms with van der Waals surface area (Å²) >= 11 is 5.94. The number of halogens is 2. The molecule has 17 heavy (non-hydrogen) atoms. The molecule has 1 heterocycles. The van der Waals surface area contributed by atoms with E-state index in [9.17, 15) is 9.18 Å². The highest BCUT2D eigenvalue weighted by Gasteiger charge is 2.31. The molecule has 92 valence electrons. The van der Waals surface area contributed by atoms with Gasteiger partial charge in [0.1, 0.15) is 5.82 Å². The third kappa shape index (κ3) is 2.28. The van der Waals surface area contributed by atoms with Crippen molar-refractivity contribution in [2.45, 2.75) is 13.3 Å². The van der Waals surface area contributed by atoms with Gasteiger partial charge in [-0.3, -0.25) is 4.79 Å². The molecule has 0 bridgehead atoms. The quantitative estimate of drug-likeness (QED) is 0.882. The second-order valence-electron chi connectivity index (χ2n) is 4.31. The molecule has 0 aliphatic carbocycles. The van der Waals surface area contributed by atoms with E-state index in [1.54, 1.807) is 13.0 Å². The number of anilines is 1. The zero-order valence-electron chi connectivity index (χ0n) is 9.41. The fourth-order valence-corrected chi connectivity index (χ4v) is 2.24. The van der Waals surface area contributed by atoms with E-state index in [2.05, 4.69) is 0 Å². The standard InChI is InChI=1S/C12H13ClFNO2/c1-7-2-11(9(13)4-10(7)14)15-5-8(6-16)3-12(15)17/h2,4,8,16H,3,5-6H2,1H3. The SMILES string of the molecule is Cc1cc(N2CC(CO)CC2=O)c(Cl)cc1F. The first-order valence-corrected chi connectivity index (χ1v) is 5.77. The van der Waals surface area contributed by atoms with Gasteiger partial charge in [0.05, 0.1) is 10.7 Å². The molecular weight excluding hydrogens is 245 g/mol. The summed E-state index contributed by atoms with van der Waals surface area (Å²) in [6.45, 7) is 2.03. The smallest absolute Gasteiger partial charge is 0.227 e. The van der Waals surface area contributed by atoms with Crippen molar-refractivity contribution in [3.8, 4) is 0 Å². The molecule has 1 N–H and O–H groups in total. The van der Waals surface area contributed by atoms with Gasteiger partial charge in [0.15, 0.2) is 0 Å². The van der Waals surface area contributed by atoms with E-state index < -0.39 is 0 Å². The molecule has 1 unspecified atom stereocenters. The molecule has 1 atom stereocenters. The summed E-state index contributed by atoms with van der Waals surface area (Å²) in [5.41, 5.74) is 0.969. The van der Waals surface area contributed by atoms with Crippen LogP contribution in [0.5, 0.6) is 0 Å². The van der Waals surface area contributed by atoms with Gasteiger partial charge in [-0.1, -0.05) is 11.6 Å². The summed E-state index contributed by atoms with van der Waals surface area (Å²) in [6.07, 6.45) is 0.309. The van der Waals surface area contributed by atoms with E-state index in [1.165, 1.54) is 11.0 Å². The molecule has 1 aliphatic rings. The largest absolute Gasteiger partial charge is 0.396 e. The minimum absolute atomic E-state index is 0.0277. The van der Waals surface area contributed by atoms with E-state index in [0.29, 0.717) is 24.2 Å². The lowest BCUT2D eigenvalue weighted by molar-refractivity contribution is -0.117. The normalized spacial score (nSPS) is 20.1. The van der Waals surface area contributed by atoms with E-state index in [4.69, 9.17) is 16.7 Å². The van der Waals surface area contributed by atoms with Crippen molar-refractivity contribution in [1.82, 2.24) is 0 Å². The Bertz CT molecular complexity index is 464. The topological polar surface area (TPSA) is 40.5 Å². The summed E-state index contributed by atoms with van der Waals surface area (Å²) in [6, 6.07) is 2.78. The van der Waals surface area contributed by atoms with Crippen LogP contribution in [0.3, 0.4) is 0 Å². The van der Waals surface area contributed by atoms with Gasteiger partial charge in [-0.15, -0.1) is 0 Å². The Morgan fingerprint density at radius 3 is 2.88 bits per heavy atom. The van der Waals surface area contributed by atoms with E-state index >= 15 is 0 Å². The number of rotatable bonds is 2. The lowest BCUT2D eigenvalue weighted by Crippen LogP contribution is -2.25. The van der Waals surface area contributed by atoms with E-state index in [-0.39, 0.29) is 29.3 Å². The van der Waals surface area contributed by atoms with Crippen LogP contribution in [0.1, 0.15) is 12.0 Å². The van der Waals surface area contributed by atoms with Crippen LogP contribution in [0.15, 0.2) is 12.1 Å². The maximum absolute atomic E-state index is 13.3. The van der Waals surface area contributed by atoms with Gasteiger partial charge in [0, 0.05) is 25.5 Å². The Labute approximate surface area is 104 Å². The van der Waals surface area contributed by atoms with Gasteiger partial charge in [-0.25, -0.2) is 4.39 Å². The first-order chi connectivity index (χ1) is 8.02. The summed E-state index contributed by atoms with van der Waals surface area (Å²) in [7, 11) is 0. The fraction of sp³-hybridized carbons (Fsp3) is 0.417. The fourth-order valence-electron chi connectivity index (χ4n) is 1.99. The molecule has 5 heteroatoms. The Hall–Kier alpha value is -1.13. The number of hydrogen-bond donors (Lipinski definition) is 1. The molecule has 1 fully saturated rings. The van der Waals surface area contributed by atoms with Crippen molar-refractivity contribution in [2.75, 3.05) is 18.1 Å². The van der Waals surface area contributed by atoms with Crippen molar-refractivity contribution in [1.29, 1.82) is 0 Å². The van der Waals surface area contributed by atoms with Gasteiger partial charge >= 0.3 is 0 Å². The number of aliphatic hydroxyl groups is 1. The third-order valence-electron chi connectivity index (χ3n) is 2.98. The zero-order chi connectivity index (χ0) is 12.6. The summed E-state index contributed by atoms with van der Waals surface area (Å²) in [4.78, 5) is 13.3. The zero-order valence-corrected chi connectivity index (χ0v) is 10.2. The van der Waals surface area contributed by atoms with Gasteiger partial charge < -0.3 is 10.0 Å². The van der Waals surface area contributed by atoms with Crippen LogP contribution in [0.4, 0.5) is 10.1 Å². The highest BCUT2D eigenvalue weighted by molar-refractivity contribution is 6.33. The average molecular weight is 258 g/mol. The second-order valence-corrected chi connectivity index (χ2v) is 4.72. The molecule has 0 aromatic heterocycles. The number of carbonyl (C=O) groups is 1. The lowest BCUT2D eigenvalue weighted by Gasteiger charge is -2.18. The van der Waals surface area contributed by atoms with Crippen LogP contribution >= 0.6 is 11.6 Å². The Kier molecular flexibility index (Phi) is 3.35. The number of aliphatic hydroxyl groups excluding tert-OH is 1. The molecular formula is C12H13ClFNO2. The van der Waals surface area contributed by atoms with Crippen molar-refractivity contribution in [3.05, 3.63) is 28.5 Å². The van der Waals surface area contributed by atoms with Gasteiger partial charge in [-0.05, 0) is 24.6 Å². The number of hydrogen-bond acceptors (Lipinski definition) is 2. The van der Waals surface area contributed by atoms with Crippen molar-refractivity contribution in [2.24, 2.45) is 5.92 Å². The maximum Gasteiger partial charge on any atom is 0.227 e. The second kappa shape index (κ2) is 4.63. The predicted molar refractivity (Wildman–Crippen MR) is 63.7 cm³/mol. The molecule has 2 rings (SSSR count). The number of carbonyl (C=O) groups excluding carboxylic acids is 1. The molecule has 0 radical (unpaired) electrons. The number of aryl methyl sites for hydroxylation is 1. The Morgan fingerprint density at radius 1 is 1.59 bits per heavy atom. The van der Waals surface area contributed by atoms with Crippen LogP contribution in [0.25, 0.3) is 0 Å². The van der Waals surface area contributed by atoms with Crippen molar-refractivity contribution in [3.63, 3.8) is 0 Å². The van der Waals surface area contributed by atoms with Gasteiger partial charge in [0.2, 0.25) is 5.91 Å². The van der Waals surface area contributed by atoms with Crippen molar-refractivity contribution >= 4 is 23.2 Å². The molecule has 1 aromatic carbocycles. The third-order valence-corrected chi connectivity index (χ3v) is 3.28. The molecule has 1 saturated heterocycles. The first-order valence-electron chi connectivity index (χ1n) is 5.39.